The van der Waals surface area contributed by atoms with Gasteiger partial charge in [0.2, 0.25) is 0 Å². The Morgan fingerprint density at radius 2 is 1.45 bits per heavy atom. The minimum atomic E-state index is -0.997. The van der Waals surface area contributed by atoms with Gasteiger partial charge in [-0.3, -0.25) is 9.69 Å². The third-order valence-corrected chi connectivity index (χ3v) is 7.14. The second-order valence-corrected chi connectivity index (χ2v) is 10.9. The third-order valence-electron chi connectivity index (χ3n) is 7.14. The Hall–Kier alpha value is -4.84. The minimum Gasteiger partial charge on any atom is -0.478 e. The van der Waals surface area contributed by atoms with Crippen molar-refractivity contribution in [2.45, 2.75) is 32.2 Å². The summed E-state index contributed by atoms with van der Waals surface area (Å²) in [5.74, 6) is -0.465. The minimum absolute atomic E-state index is 0.0361. The van der Waals surface area contributed by atoms with Gasteiger partial charge in [0.15, 0.2) is 0 Å². The first-order valence-electron chi connectivity index (χ1n) is 13.2. The van der Waals surface area contributed by atoms with E-state index in [0.29, 0.717) is 11.4 Å². The van der Waals surface area contributed by atoms with E-state index in [2.05, 4.69) is 32.9 Å². The molecule has 0 bridgehead atoms. The van der Waals surface area contributed by atoms with E-state index >= 15 is 0 Å². The van der Waals surface area contributed by atoms with E-state index in [4.69, 9.17) is 4.42 Å². The van der Waals surface area contributed by atoms with Crippen molar-refractivity contribution in [3.63, 3.8) is 0 Å². The first kappa shape index (κ1) is 26.8. The number of hydrogen-bond donors (Lipinski definition) is 1. The Balaban J connectivity index is 1.64. The van der Waals surface area contributed by atoms with E-state index in [9.17, 15) is 14.7 Å². The SMILES string of the molecule is CN(c1ccc(C(=O)O)cc1)C(C(=O)N(c1ccccc1)c1cc2cccoc-2c1)c1ccc(C(C)(C)C)cc1. The van der Waals surface area contributed by atoms with Gasteiger partial charge in [-0.25, -0.2) is 4.79 Å². The van der Waals surface area contributed by atoms with Crippen LogP contribution in [0.25, 0.3) is 11.3 Å². The number of likely N-dealkylation sites (N-methyl/N-ethyl adjacent to an activating group) is 1. The summed E-state index contributed by atoms with van der Waals surface area (Å²) in [4.78, 5) is 29.8. The molecule has 2 aliphatic rings. The first-order chi connectivity index (χ1) is 19.1. The first-order valence-corrected chi connectivity index (χ1v) is 13.2. The van der Waals surface area contributed by atoms with Gasteiger partial charge in [0.1, 0.15) is 11.8 Å². The molecule has 40 heavy (non-hydrogen) atoms. The lowest BCUT2D eigenvalue weighted by atomic mass is 9.86. The highest BCUT2D eigenvalue weighted by Crippen LogP contribution is 2.39. The van der Waals surface area contributed by atoms with Gasteiger partial charge >= 0.3 is 5.97 Å². The summed E-state index contributed by atoms with van der Waals surface area (Å²) in [5, 5.41) is 9.38. The number of benzene rings is 3. The molecular weight excluding hydrogens is 500 g/mol. The normalized spacial score (nSPS) is 12.2. The molecule has 1 aliphatic heterocycles. The molecule has 0 saturated carbocycles. The highest BCUT2D eigenvalue weighted by Gasteiger charge is 2.33. The van der Waals surface area contributed by atoms with Crippen molar-refractivity contribution in [1.82, 2.24) is 0 Å². The summed E-state index contributed by atoms with van der Waals surface area (Å²) in [6.45, 7) is 6.47. The molecule has 0 radical (unpaired) electrons. The molecule has 0 saturated heterocycles. The van der Waals surface area contributed by atoms with E-state index in [-0.39, 0.29) is 16.9 Å². The maximum atomic E-state index is 14.8. The second kappa shape index (κ2) is 10.7. The topological polar surface area (TPSA) is 74.0 Å². The number of fused-ring (bicyclic) bond motifs is 1. The monoisotopic (exact) mass is 532 g/mol. The lowest BCUT2D eigenvalue weighted by molar-refractivity contribution is -0.119. The van der Waals surface area contributed by atoms with Crippen LogP contribution in [0.5, 0.6) is 0 Å². The molecule has 1 N–H and O–H groups in total. The molecule has 6 nitrogen and oxygen atoms in total. The number of amides is 1. The number of carbonyl (C=O) groups excluding carboxylic acids is 1. The number of aromatic carboxylic acids is 1. The van der Waals surface area contributed by atoms with Crippen molar-refractivity contribution in [2.75, 3.05) is 16.8 Å². The zero-order chi connectivity index (χ0) is 28.4. The number of hydrogen-bond acceptors (Lipinski definition) is 4. The summed E-state index contributed by atoms with van der Waals surface area (Å²) in [5.41, 5.74) is 5.19. The number of nitrogens with zero attached hydrogens (tertiary/aromatic N) is 2. The maximum Gasteiger partial charge on any atom is 0.335 e. The predicted molar refractivity (Wildman–Crippen MR) is 159 cm³/mol. The van der Waals surface area contributed by atoms with Crippen molar-refractivity contribution in [3.8, 4) is 11.3 Å². The lowest BCUT2D eigenvalue weighted by Gasteiger charge is -2.34. The van der Waals surface area contributed by atoms with E-state index < -0.39 is 12.0 Å². The molecule has 1 aliphatic carbocycles. The summed E-state index contributed by atoms with van der Waals surface area (Å²) < 4.78 is 5.70. The fraction of sp³-hybridized carbons (Fsp3) is 0.176. The van der Waals surface area contributed by atoms with Gasteiger partial charge in [-0.05, 0) is 71.1 Å². The van der Waals surface area contributed by atoms with E-state index in [1.165, 1.54) is 5.56 Å². The number of anilines is 3. The summed E-state index contributed by atoms with van der Waals surface area (Å²) in [6, 6.07) is 31.2. The number of carboxylic acid groups (broad SMARTS) is 1. The number of carboxylic acids is 1. The van der Waals surface area contributed by atoms with Crippen LogP contribution in [-0.4, -0.2) is 24.0 Å². The van der Waals surface area contributed by atoms with Crippen LogP contribution in [-0.2, 0) is 10.2 Å². The van der Waals surface area contributed by atoms with E-state index in [1.807, 2.05) is 78.7 Å². The maximum absolute atomic E-state index is 14.8. The fourth-order valence-corrected chi connectivity index (χ4v) is 4.90. The van der Waals surface area contributed by atoms with Gasteiger partial charge in [0.05, 0.1) is 17.5 Å². The summed E-state index contributed by atoms with van der Waals surface area (Å²) in [6.07, 6.45) is 1.62. The van der Waals surface area contributed by atoms with Crippen LogP contribution in [0.15, 0.2) is 114 Å². The molecule has 3 aromatic carbocycles. The fourth-order valence-electron chi connectivity index (χ4n) is 4.90. The molecule has 1 amide bonds. The van der Waals surface area contributed by atoms with Crippen LogP contribution >= 0.6 is 0 Å². The Morgan fingerprint density at radius 1 is 0.775 bits per heavy atom. The lowest BCUT2D eigenvalue weighted by Crippen LogP contribution is -2.39. The third kappa shape index (κ3) is 5.34. The van der Waals surface area contributed by atoms with Crippen LogP contribution in [0.3, 0.4) is 0 Å². The number of carbonyl (C=O) groups is 2. The van der Waals surface area contributed by atoms with Crippen molar-refractivity contribution in [1.29, 1.82) is 0 Å². The quantitative estimate of drug-likeness (QED) is 0.230. The average Bonchev–Trinajstić information content (AvgIpc) is 3.37. The smallest absolute Gasteiger partial charge is 0.335 e. The molecule has 1 unspecified atom stereocenters. The van der Waals surface area contributed by atoms with Crippen LogP contribution < -0.4 is 9.80 Å². The van der Waals surface area contributed by atoms with Crippen molar-refractivity contribution >= 4 is 28.9 Å². The highest BCUT2D eigenvalue weighted by molar-refractivity contribution is 6.06. The predicted octanol–water partition coefficient (Wildman–Crippen LogP) is 7.92. The largest absolute Gasteiger partial charge is 0.478 e. The van der Waals surface area contributed by atoms with Crippen molar-refractivity contribution in [3.05, 3.63) is 126 Å². The number of rotatable bonds is 7. The van der Waals surface area contributed by atoms with Crippen LogP contribution in [0.1, 0.15) is 48.3 Å². The zero-order valence-electron chi connectivity index (χ0n) is 23.0. The van der Waals surface area contributed by atoms with Crippen molar-refractivity contribution < 1.29 is 19.1 Å². The van der Waals surface area contributed by atoms with Gasteiger partial charge in [0, 0.05) is 30.1 Å². The highest BCUT2D eigenvalue weighted by atomic mass is 16.4. The Morgan fingerprint density at radius 3 is 2.05 bits per heavy atom. The molecule has 1 atom stereocenters. The van der Waals surface area contributed by atoms with Crippen molar-refractivity contribution in [2.24, 2.45) is 0 Å². The summed E-state index contributed by atoms with van der Waals surface area (Å²) >= 11 is 0. The molecule has 202 valence electrons. The number of para-hydroxylation sites is 1. The molecule has 0 spiro atoms. The Labute approximate surface area is 234 Å². The molecule has 0 fully saturated rings. The zero-order valence-corrected chi connectivity index (χ0v) is 23.0. The van der Waals surface area contributed by atoms with Crippen LogP contribution in [0.4, 0.5) is 17.1 Å². The van der Waals surface area contributed by atoms with Crippen LogP contribution in [0, 0.1) is 0 Å². The van der Waals surface area contributed by atoms with Gasteiger partial charge in [-0.1, -0.05) is 63.2 Å². The Bertz CT molecular complexity index is 1550. The standard InChI is InChI=1S/C34H32N2O4/c1-34(2,3)26-16-12-23(13-17-26)31(35(4)27-18-14-24(15-19-27)33(38)39)32(37)36(28-10-6-5-7-11-28)29-21-25-9-8-20-40-30(25)22-29/h5-22,31H,1-4H3,(H,38,39). The Kier molecular flexibility index (Phi) is 7.18. The average molecular weight is 533 g/mol. The van der Waals surface area contributed by atoms with E-state index in [1.54, 1.807) is 35.4 Å². The molecule has 1 heterocycles. The molecular formula is C34H32N2O4. The van der Waals surface area contributed by atoms with Gasteiger partial charge in [-0.2, -0.15) is 0 Å². The van der Waals surface area contributed by atoms with E-state index in [0.717, 1.165) is 22.5 Å². The van der Waals surface area contributed by atoms with Crippen LogP contribution in [0.2, 0.25) is 0 Å². The van der Waals surface area contributed by atoms with Gasteiger partial charge in [-0.15, -0.1) is 0 Å². The van der Waals surface area contributed by atoms with Gasteiger partial charge < -0.3 is 14.4 Å². The summed E-state index contributed by atoms with van der Waals surface area (Å²) in [7, 11) is 1.86. The molecule has 6 heteroatoms. The molecule has 0 aromatic heterocycles. The second-order valence-electron chi connectivity index (χ2n) is 10.9. The molecule has 5 rings (SSSR count). The molecule has 3 aromatic rings. The van der Waals surface area contributed by atoms with Gasteiger partial charge in [0.25, 0.3) is 5.91 Å².